The zero-order valence-corrected chi connectivity index (χ0v) is 13.9. The molecule has 3 N–H and O–H groups in total. The average molecular weight is 323 g/mol. The standard InChI is InChI=1S/C18H21N5O/c1-3-23(18(24)16-11-13(19)6-8-20-16)9-7-17-21-14-5-4-12(2)10-15(14)22-17/h4-6,8,10-11H,3,7,9H2,1-2H3,(H2,19,20)(H,21,22). The van der Waals surface area contributed by atoms with Crippen LogP contribution in [0.2, 0.25) is 0 Å². The highest BCUT2D eigenvalue weighted by Gasteiger charge is 2.16. The Labute approximate surface area is 140 Å². The first-order chi connectivity index (χ1) is 11.6. The van der Waals surface area contributed by atoms with Gasteiger partial charge in [0, 0.05) is 31.4 Å². The first-order valence-electron chi connectivity index (χ1n) is 8.03. The minimum absolute atomic E-state index is 0.114. The van der Waals surface area contributed by atoms with E-state index in [-0.39, 0.29) is 5.91 Å². The summed E-state index contributed by atoms with van der Waals surface area (Å²) < 4.78 is 0. The molecular formula is C18H21N5O. The van der Waals surface area contributed by atoms with Crippen LogP contribution in [0.4, 0.5) is 5.69 Å². The van der Waals surface area contributed by atoms with Gasteiger partial charge < -0.3 is 15.6 Å². The lowest BCUT2D eigenvalue weighted by molar-refractivity contribution is 0.0760. The van der Waals surface area contributed by atoms with Gasteiger partial charge in [-0.2, -0.15) is 0 Å². The number of carbonyl (C=O) groups is 1. The van der Waals surface area contributed by atoms with Crippen molar-refractivity contribution in [1.29, 1.82) is 0 Å². The molecule has 0 unspecified atom stereocenters. The minimum Gasteiger partial charge on any atom is -0.399 e. The second-order valence-electron chi connectivity index (χ2n) is 5.81. The van der Waals surface area contributed by atoms with Crippen LogP contribution in [0.15, 0.2) is 36.5 Å². The van der Waals surface area contributed by atoms with Crippen molar-refractivity contribution in [2.24, 2.45) is 0 Å². The van der Waals surface area contributed by atoms with Gasteiger partial charge in [0.2, 0.25) is 0 Å². The number of rotatable bonds is 5. The van der Waals surface area contributed by atoms with E-state index in [1.165, 1.54) is 5.56 Å². The highest BCUT2D eigenvalue weighted by molar-refractivity contribution is 5.93. The van der Waals surface area contributed by atoms with Crippen molar-refractivity contribution >= 4 is 22.6 Å². The van der Waals surface area contributed by atoms with Crippen LogP contribution in [0.5, 0.6) is 0 Å². The Bertz CT molecular complexity index is 871. The second-order valence-corrected chi connectivity index (χ2v) is 5.81. The normalized spacial score (nSPS) is 10.9. The van der Waals surface area contributed by atoms with Gasteiger partial charge in [-0.25, -0.2) is 4.98 Å². The van der Waals surface area contributed by atoms with Gasteiger partial charge in [-0.1, -0.05) is 6.07 Å². The number of nitrogens with zero attached hydrogens (tertiary/aromatic N) is 3. The van der Waals surface area contributed by atoms with Crippen LogP contribution >= 0.6 is 0 Å². The van der Waals surface area contributed by atoms with Crippen LogP contribution in [0.1, 0.15) is 28.8 Å². The van der Waals surface area contributed by atoms with Crippen LogP contribution < -0.4 is 5.73 Å². The van der Waals surface area contributed by atoms with Gasteiger partial charge in [-0.15, -0.1) is 0 Å². The number of pyridine rings is 1. The van der Waals surface area contributed by atoms with E-state index in [0.29, 0.717) is 30.9 Å². The minimum atomic E-state index is -0.114. The molecule has 1 amide bonds. The maximum Gasteiger partial charge on any atom is 0.272 e. The Hall–Kier alpha value is -2.89. The van der Waals surface area contributed by atoms with Crippen LogP contribution in [0.3, 0.4) is 0 Å². The molecule has 6 nitrogen and oxygen atoms in total. The van der Waals surface area contributed by atoms with Gasteiger partial charge in [0.05, 0.1) is 11.0 Å². The van der Waals surface area contributed by atoms with Crippen LogP contribution in [-0.2, 0) is 6.42 Å². The smallest absolute Gasteiger partial charge is 0.272 e. The number of aryl methyl sites for hydroxylation is 1. The van der Waals surface area contributed by atoms with Gasteiger partial charge in [0.25, 0.3) is 5.91 Å². The average Bonchev–Trinajstić information content (AvgIpc) is 2.97. The predicted octanol–water partition coefficient (Wildman–Crippen LogP) is 2.55. The molecule has 0 radical (unpaired) electrons. The maximum absolute atomic E-state index is 12.5. The number of anilines is 1. The number of nitrogen functional groups attached to an aromatic ring is 1. The molecule has 124 valence electrons. The van der Waals surface area contributed by atoms with Crippen molar-refractivity contribution in [3.8, 4) is 0 Å². The third kappa shape index (κ3) is 3.37. The number of aromatic nitrogens is 3. The molecule has 0 bridgehead atoms. The predicted molar refractivity (Wildman–Crippen MR) is 94.8 cm³/mol. The molecular weight excluding hydrogens is 302 g/mol. The molecule has 0 saturated carbocycles. The van der Waals surface area contributed by atoms with Gasteiger partial charge in [-0.3, -0.25) is 9.78 Å². The van der Waals surface area contributed by atoms with E-state index in [1.807, 2.05) is 19.1 Å². The molecule has 0 aliphatic carbocycles. The molecule has 2 aromatic heterocycles. The first kappa shape index (κ1) is 16.0. The summed E-state index contributed by atoms with van der Waals surface area (Å²) in [6.45, 7) is 5.18. The first-order valence-corrected chi connectivity index (χ1v) is 8.03. The summed E-state index contributed by atoms with van der Waals surface area (Å²) in [6, 6.07) is 9.40. The SMILES string of the molecule is CCN(CCc1nc2ccc(C)cc2[nH]1)C(=O)c1cc(N)ccn1. The molecule has 6 heteroatoms. The largest absolute Gasteiger partial charge is 0.399 e. The van der Waals surface area contributed by atoms with Crippen molar-refractivity contribution < 1.29 is 4.79 Å². The number of nitrogens with two attached hydrogens (primary N) is 1. The molecule has 0 fully saturated rings. The summed E-state index contributed by atoms with van der Waals surface area (Å²) in [5.41, 5.74) is 9.81. The zero-order valence-electron chi connectivity index (χ0n) is 13.9. The van der Waals surface area contributed by atoms with Crippen molar-refractivity contribution in [3.63, 3.8) is 0 Å². The molecule has 0 saturated heterocycles. The van der Waals surface area contributed by atoms with Gasteiger partial charge in [0.15, 0.2) is 0 Å². The van der Waals surface area contributed by atoms with Crippen LogP contribution in [-0.4, -0.2) is 38.8 Å². The fourth-order valence-electron chi connectivity index (χ4n) is 2.66. The number of likely N-dealkylation sites (N-methyl/N-ethyl adjacent to an activating group) is 1. The van der Waals surface area contributed by atoms with Gasteiger partial charge in [0.1, 0.15) is 11.5 Å². The lowest BCUT2D eigenvalue weighted by atomic mass is 10.2. The van der Waals surface area contributed by atoms with E-state index in [2.05, 4.69) is 27.9 Å². The number of H-pyrrole nitrogens is 1. The monoisotopic (exact) mass is 323 g/mol. The van der Waals surface area contributed by atoms with E-state index in [0.717, 1.165) is 16.9 Å². The van der Waals surface area contributed by atoms with Crippen molar-refractivity contribution in [2.45, 2.75) is 20.3 Å². The molecule has 0 aliphatic heterocycles. The lowest BCUT2D eigenvalue weighted by Gasteiger charge is -2.20. The summed E-state index contributed by atoms with van der Waals surface area (Å²) in [4.78, 5) is 26.3. The Kier molecular flexibility index (Phi) is 4.46. The maximum atomic E-state index is 12.5. The number of benzene rings is 1. The lowest BCUT2D eigenvalue weighted by Crippen LogP contribution is -2.33. The Morgan fingerprint density at radius 2 is 2.12 bits per heavy atom. The van der Waals surface area contributed by atoms with Crippen molar-refractivity contribution in [1.82, 2.24) is 19.9 Å². The van der Waals surface area contributed by atoms with Crippen LogP contribution in [0.25, 0.3) is 11.0 Å². The van der Waals surface area contributed by atoms with Crippen molar-refractivity contribution in [3.05, 3.63) is 53.6 Å². The fourth-order valence-corrected chi connectivity index (χ4v) is 2.66. The number of carbonyl (C=O) groups excluding carboxylic acids is 1. The van der Waals surface area contributed by atoms with E-state index in [9.17, 15) is 4.79 Å². The molecule has 3 aromatic rings. The number of fused-ring (bicyclic) bond motifs is 1. The number of amides is 1. The van der Waals surface area contributed by atoms with Gasteiger partial charge in [-0.05, 0) is 43.7 Å². The topological polar surface area (TPSA) is 87.9 Å². The van der Waals surface area contributed by atoms with Gasteiger partial charge >= 0.3 is 0 Å². The third-order valence-electron chi connectivity index (χ3n) is 3.98. The molecule has 0 spiro atoms. The summed E-state index contributed by atoms with van der Waals surface area (Å²) >= 11 is 0. The van der Waals surface area contributed by atoms with E-state index in [1.54, 1.807) is 23.2 Å². The molecule has 24 heavy (non-hydrogen) atoms. The Morgan fingerprint density at radius 1 is 1.29 bits per heavy atom. The number of hydrogen-bond donors (Lipinski definition) is 2. The second kappa shape index (κ2) is 6.70. The van der Waals surface area contributed by atoms with Crippen molar-refractivity contribution in [2.75, 3.05) is 18.8 Å². The van der Waals surface area contributed by atoms with E-state index in [4.69, 9.17) is 5.73 Å². The Morgan fingerprint density at radius 3 is 2.88 bits per heavy atom. The number of nitrogens with one attached hydrogen (secondary N) is 1. The van der Waals surface area contributed by atoms with E-state index >= 15 is 0 Å². The molecule has 2 heterocycles. The molecule has 3 rings (SSSR count). The molecule has 0 aliphatic rings. The quantitative estimate of drug-likeness (QED) is 0.755. The van der Waals surface area contributed by atoms with E-state index < -0.39 is 0 Å². The summed E-state index contributed by atoms with van der Waals surface area (Å²) in [5.74, 6) is 0.763. The molecule has 0 atom stereocenters. The van der Waals surface area contributed by atoms with Crippen LogP contribution in [0, 0.1) is 6.92 Å². The summed E-state index contributed by atoms with van der Waals surface area (Å²) in [5, 5.41) is 0. The summed E-state index contributed by atoms with van der Waals surface area (Å²) in [6.07, 6.45) is 2.22. The number of hydrogen-bond acceptors (Lipinski definition) is 4. The molecule has 1 aromatic carbocycles. The Balaban J connectivity index is 1.71. The number of imidazole rings is 1. The summed E-state index contributed by atoms with van der Waals surface area (Å²) in [7, 11) is 0. The zero-order chi connectivity index (χ0) is 17.1. The number of aromatic amines is 1. The highest BCUT2D eigenvalue weighted by Crippen LogP contribution is 2.14. The fraction of sp³-hybridized carbons (Fsp3) is 0.278. The highest BCUT2D eigenvalue weighted by atomic mass is 16.2. The third-order valence-corrected chi connectivity index (χ3v) is 3.98.